The molecule has 0 aromatic rings. The van der Waals surface area contributed by atoms with E-state index >= 15 is 0 Å². The first kappa shape index (κ1) is 29.4. The molecule has 0 heterocycles. The van der Waals surface area contributed by atoms with Gasteiger partial charge in [0.2, 0.25) is 0 Å². The topological polar surface area (TPSA) is 0 Å². The zero-order valence-electron chi connectivity index (χ0n) is 13.5. The number of unbranched alkanes of at least 4 members (excludes halogenated alkanes) is 1. The Morgan fingerprint density at radius 2 is 0.467 bits per heavy atom. The molecule has 0 fully saturated rings. The minimum atomic E-state index is 1.25. The van der Waals surface area contributed by atoms with Crippen LogP contribution < -0.4 is 0 Å². The van der Waals surface area contributed by atoms with Crippen molar-refractivity contribution in [2.75, 3.05) is 0 Å². The third kappa shape index (κ3) is 2020. The van der Waals surface area contributed by atoms with Crippen molar-refractivity contribution in [3.8, 4) is 0 Å². The molecule has 0 saturated carbocycles. The van der Waals surface area contributed by atoms with E-state index in [9.17, 15) is 0 Å². The summed E-state index contributed by atoms with van der Waals surface area (Å²) in [5.74, 6) is 0. The lowest BCUT2D eigenvalue weighted by molar-refractivity contribution is 0.886. The largest absolute Gasteiger partial charge is 0.0683 e. The van der Waals surface area contributed by atoms with Crippen LogP contribution in [0.3, 0.4) is 0 Å². The van der Waals surface area contributed by atoms with Gasteiger partial charge >= 0.3 is 0 Å². The molecule has 0 atom stereocenters. The summed E-state index contributed by atoms with van der Waals surface area (Å²) in [5, 5.41) is 0. The molecule has 100 valence electrons. The second-order valence-corrected chi connectivity index (χ2v) is 3.12. The molecule has 15 heavy (non-hydrogen) atoms. The SMILES string of the molecule is CC.CCC.CCC.CCC.CCCC. The molecule has 0 aliphatic heterocycles. The van der Waals surface area contributed by atoms with Crippen molar-refractivity contribution in [1.82, 2.24) is 0 Å². The zero-order valence-corrected chi connectivity index (χ0v) is 13.5. The smallest absolute Gasteiger partial charge is 0.0564 e. The van der Waals surface area contributed by atoms with Gasteiger partial charge in [0.05, 0.1) is 0 Å². The Labute approximate surface area is 102 Å². The molecule has 0 aliphatic carbocycles. The van der Waals surface area contributed by atoms with Gasteiger partial charge in [0.15, 0.2) is 0 Å². The van der Waals surface area contributed by atoms with Crippen LogP contribution in [0.1, 0.15) is 101 Å². The molecule has 0 rings (SSSR count). The summed E-state index contributed by atoms with van der Waals surface area (Å²) in [6, 6.07) is 0. The highest BCUT2D eigenvalue weighted by Gasteiger charge is 1.56. The van der Waals surface area contributed by atoms with E-state index in [1.165, 1.54) is 32.1 Å². The van der Waals surface area contributed by atoms with Crippen LogP contribution in [0, 0.1) is 0 Å². The third-order valence-electron chi connectivity index (χ3n) is 0.500. The monoisotopic (exact) mass is 220 g/mol. The van der Waals surface area contributed by atoms with E-state index in [4.69, 9.17) is 0 Å². The Morgan fingerprint density at radius 1 is 0.400 bits per heavy atom. The Bertz CT molecular complexity index is 16.5. The molecule has 0 bridgehead atoms. The summed E-state index contributed by atoms with van der Waals surface area (Å²) in [4.78, 5) is 0. The van der Waals surface area contributed by atoms with Crippen LogP contribution in [0.5, 0.6) is 0 Å². The summed E-state index contributed by atoms with van der Waals surface area (Å²) in [5.41, 5.74) is 0. The summed E-state index contributed by atoms with van der Waals surface area (Å²) < 4.78 is 0. The van der Waals surface area contributed by atoms with Crippen LogP contribution in [0.4, 0.5) is 0 Å². The minimum absolute atomic E-state index is 1.25. The average Bonchev–Trinajstić information content (AvgIpc) is 2.24. The van der Waals surface area contributed by atoms with E-state index in [1.54, 1.807) is 0 Å². The second-order valence-electron chi connectivity index (χ2n) is 3.12. The van der Waals surface area contributed by atoms with Crippen LogP contribution in [0.2, 0.25) is 0 Å². The zero-order chi connectivity index (χ0) is 13.5. The van der Waals surface area contributed by atoms with Crippen LogP contribution in [0.15, 0.2) is 0 Å². The van der Waals surface area contributed by atoms with Gasteiger partial charge in [-0.15, -0.1) is 0 Å². The first-order valence-corrected chi connectivity index (χ1v) is 7.16. The Hall–Kier alpha value is 0. The highest BCUT2D eigenvalue weighted by molar-refractivity contribution is 4.12. The molecular formula is C15H40. The first-order valence-electron chi connectivity index (χ1n) is 7.16. The molecule has 0 saturated heterocycles. The second kappa shape index (κ2) is 94.6. The van der Waals surface area contributed by atoms with Crippen molar-refractivity contribution in [1.29, 1.82) is 0 Å². The highest BCUT2D eigenvalue weighted by Crippen LogP contribution is 1.76. The number of hydrogen-bond donors (Lipinski definition) is 0. The van der Waals surface area contributed by atoms with E-state index in [-0.39, 0.29) is 0 Å². The van der Waals surface area contributed by atoms with Gasteiger partial charge in [-0.2, -0.15) is 0 Å². The molecule has 0 N–H and O–H groups in total. The number of rotatable bonds is 1. The van der Waals surface area contributed by atoms with Gasteiger partial charge in [0.1, 0.15) is 0 Å². The van der Waals surface area contributed by atoms with Crippen LogP contribution >= 0.6 is 0 Å². The molecule has 0 spiro atoms. The van der Waals surface area contributed by atoms with Crippen LogP contribution in [0.25, 0.3) is 0 Å². The standard InChI is InChI=1S/C4H10.3C3H8.C2H6/c1-3-4-2;3*1-3-2;1-2/h3-4H2,1-2H3;3*3H2,1-2H3;1-2H3. The fourth-order valence-corrected chi connectivity index (χ4v) is 0. The average molecular weight is 220 g/mol. The van der Waals surface area contributed by atoms with E-state index in [2.05, 4.69) is 55.4 Å². The van der Waals surface area contributed by atoms with Gasteiger partial charge in [-0.05, 0) is 0 Å². The Kier molecular flexibility index (Phi) is 185. The van der Waals surface area contributed by atoms with E-state index in [0.717, 1.165) is 0 Å². The van der Waals surface area contributed by atoms with Crippen molar-refractivity contribution >= 4 is 0 Å². The lowest BCUT2D eigenvalue weighted by Crippen LogP contribution is -1.47. The lowest BCUT2D eigenvalue weighted by Gasteiger charge is -1.68. The molecule has 0 aromatic heterocycles. The van der Waals surface area contributed by atoms with E-state index in [0.29, 0.717) is 0 Å². The quantitative estimate of drug-likeness (QED) is 0.443. The normalized spacial score (nSPS) is 6.00. The third-order valence-corrected chi connectivity index (χ3v) is 0.500. The van der Waals surface area contributed by atoms with Crippen molar-refractivity contribution < 1.29 is 0 Å². The van der Waals surface area contributed by atoms with Crippen molar-refractivity contribution in [2.45, 2.75) is 101 Å². The van der Waals surface area contributed by atoms with Gasteiger partial charge in [0.25, 0.3) is 0 Å². The number of hydrogen-bond acceptors (Lipinski definition) is 0. The molecule has 0 nitrogen and oxygen atoms in total. The maximum Gasteiger partial charge on any atom is -0.0564 e. The van der Waals surface area contributed by atoms with Crippen LogP contribution in [-0.2, 0) is 0 Å². The Balaban J connectivity index is -0.0000000283. The summed E-state index contributed by atoms with van der Waals surface area (Å²) in [6.07, 6.45) is 6.39. The van der Waals surface area contributed by atoms with Gasteiger partial charge in [0, 0.05) is 0 Å². The van der Waals surface area contributed by atoms with Gasteiger partial charge in [-0.3, -0.25) is 0 Å². The van der Waals surface area contributed by atoms with E-state index in [1.807, 2.05) is 13.8 Å². The maximum absolute atomic E-state index is 2.18. The molecular weight excluding hydrogens is 180 g/mol. The fraction of sp³-hybridized carbons (Fsp3) is 1.00. The molecule has 0 unspecified atom stereocenters. The molecule has 0 heteroatoms. The maximum atomic E-state index is 2.18. The van der Waals surface area contributed by atoms with Crippen molar-refractivity contribution in [2.24, 2.45) is 0 Å². The fourth-order valence-electron chi connectivity index (χ4n) is 0. The molecule has 0 aliphatic rings. The summed E-state index contributed by atoms with van der Waals surface area (Å²) in [6.45, 7) is 21.1. The van der Waals surface area contributed by atoms with Crippen molar-refractivity contribution in [3.05, 3.63) is 0 Å². The lowest BCUT2D eigenvalue weighted by atomic mass is 10.4. The molecule has 0 radical (unpaired) electrons. The van der Waals surface area contributed by atoms with Gasteiger partial charge in [-0.1, -0.05) is 101 Å². The minimum Gasteiger partial charge on any atom is -0.0683 e. The predicted molar refractivity (Wildman–Crippen MR) is 79.8 cm³/mol. The molecule has 0 aromatic carbocycles. The van der Waals surface area contributed by atoms with Gasteiger partial charge < -0.3 is 0 Å². The predicted octanol–water partition coefficient (Wildman–Crippen LogP) is 7.08. The van der Waals surface area contributed by atoms with Gasteiger partial charge in [-0.25, -0.2) is 0 Å². The van der Waals surface area contributed by atoms with E-state index < -0.39 is 0 Å². The first-order chi connectivity index (χ1) is 7.16. The molecule has 0 amide bonds. The van der Waals surface area contributed by atoms with Crippen LogP contribution in [-0.4, -0.2) is 0 Å². The summed E-state index contributed by atoms with van der Waals surface area (Å²) >= 11 is 0. The Morgan fingerprint density at radius 3 is 0.467 bits per heavy atom. The van der Waals surface area contributed by atoms with Crippen molar-refractivity contribution in [3.63, 3.8) is 0 Å². The summed E-state index contributed by atoms with van der Waals surface area (Å²) in [7, 11) is 0. The highest BCUT2D eigenvalue weighted by atomic mass is 13.6.